The monoisotopic (exact) mass is 551 g/mol. The molecule has 0 saturated carbocycles. The maximum absolute atomic E-state index is 12.7. The van der Waals surface area contributed by atoms with Gasteiger partial charge in [0.05, 0.1) is 30.7 Å². The van der Waals surface area contributed by atoms with Crippen molar-refractivity contribution in [3.8, 4) is 22.9 Å². The van der Waals surface area contributed by atoms with E-state index in [1.54, 1.807) is 24.3 Å². The predicted molar refractivity (Wildman–Crippen MR) is 149 cm³/mol. The van der Waals surface area contributed by atoms with E-state index in [9.17, 15) is 9.59 Å². The third-order valence-electron chi connectivity index (χ3n) is 5.55. The number of benzene rings is 3. The summed E-state index contributed by atoms with van der Waals surface area (Å²) >= 11 is 7.47. The molecule has 9 nitrogen and oxygen atoms in total. The van der Waals surface area contributed by atoms with Gasteiger partial charge in [-0.15, -0.1) is 10.2 Å². The Labute approximate surface area is 229 Å². The van der Waals surface area contributed by atoms with Crippen molar-refractivity contribution in [1.82, 2.24) is 14.8 Å². The first-order chi connectivity index (χ1) is 18.4. The van der Waals surface area contributed by atoms with Crippen LogP contribution in [0.25, 0.3) is 11.4 Å². The normalized spacial score (nSPS) is 10.6. The van der Waals surface area contributed by atoms with E-state index in [-0.39, 0.29) is 17.6 Å². The minimum absolute atomic E-state index is 0.107. The third kappa shape index (κ3) is 6.27. The number of nitrogens with one attached hydrogen (secondary N) is 2. The lowest BCUT2D eigenvalue weighted by molar-refractivity contribution is -0.113. The highest BCUT2D eigenvalue weighted by Crippen LogP contribution is 2.36. The molecule has 0 aliphatic heterocycles. The number of methoxy groups -OCH3 is 2. The maximum Gasteiger partial charge on any atom is 0.255 e. The zero-order valence-electron chi connectivity index (χ0n) is 21.0. The Hall–Kier alpha value is -4.02. The quantitative estimate of drug-likeness (QED) is 0.246. The number of carbonyl (C=O) groups is 2. The minimum atomic E-state index is -0.250. The SMILES string of the molecule is CCn1c(SCC(=O)Nc2cc(Cl)c(OC)cc2OC)nnc1-c1ccc(NC(=O)c2ccccc2)cc1. The summed E-state index contributed by atoms with van der Waals surface area (Å²) < 4.78 is 12.5. The molecule has 196 valence electrons. The van der Waals surface area contributed by atoms with Crippen molar-refractivity contribution in [2.75, 3.05) is 30.6 Å². The molecular weight excluding hydrogens is 526 g/mol. The van der Waals surface area contributed by atoms with Gasteiger partial charge in [0.25, 0.3) is 5.91 Å². The van der Waals surface area contributed by atoms with Gasteiger partial charge in [0.15, 0.2) is 11.0 Å². The fraction of sp³-hybridized carbons (Fsp3) is 0.185. The predicted octanol–water partition coefficient (Wildman–Crippen LogP) is 5.62. The topological polar surface area (TPSA) is 107 Å². The number of ether oxygens (including phenoxy) is 2. The molecule has 38 heavy (non-hydrogen) atoms. The van der Waals surface area contributed by atoms with E-state index >= 15 is 0 Å². The second kappa shape index (κ2) is 12.5. The van der Waals surface area contributed by atoms with Gasteiger partial charge >= 0.3 is 0 Å². The first-order valence-corrected chi connectivity index (χ1v) is 13.0. The van der Waals surface area contributed by atoms with Crippen LogP contribution < -0.4 is 20.1 Å². The van der Waals surface area contributed by atoms with Crippen molar-refractivity contribution in [3.05, 3.63) is 77.3 Å². The fourth-order valence-corrected chi connectivity index (χ4v) is 4.71. The number of carbonyl (C=O) groups excluding carboxylic acids is 2. The third-order valence-corrected chi connectivity index (χ3v) is 6.81. The van der Waals surface area contributed by atoms with Crippen molar-refractivity contribution in [2.24, 2.45) is 0 Å². The molecule has 3 aromatic carbocycles. The van der Waals surface area contributed by atoms with Gasteiger partial charge in [0.1, 0.15) is 11.5 Å². The number of anilines is 2. The van der Waals surface area contributed by atoms with Crippen LogP contribution in [-0.4, -0.2) is 46.6 Å². The molecule has 0 radical (unpaired) electrons. The molecule has 0 atom stereocenters. The van der Waals surface area contributed by atoms with E-state index in [4.69, 9.17) is 21.1 Å². The van der Waals surface area contributed by atoms with Crippen LogP contribution in [0.15, 0.2) is 71.9 Å². The smallest absolute Gasteiger partial charge is 0.255 e. The van der Waals surface area contributed by atoms with Gasteiger partial charge in [0, 0.05) is 29.4 Å². The maximum atomic E-state index is 12.7. The average molecular weight is 552 g/mol. The van der Waals surface area contributed by atoms with Crippen LogP contribution in [0.2, 0.25) is 5.02 Å². The average Bonchev–Trinajstić information content (AvgIpc) is 3.36. The molecule has 1 heterocycles. The largest absolute Gasteiger partial charge is 0.495 e. The van der Waals surface area contributed by atoms with Gasteiger partial charge < -0.3 is 24.7 Å². The Balaban J connectivity index is 1.41. The minimum Gasteiger partial charge on any atom is -0.495 e. The van der Waals surface area contributed by atoms with Gasteiger partial charge in [-0.25, -0.2) is 0 Å². The molecule has 0 aliphatic carbocycles. The molecule has 2 N–H and O–H groups in total. The van der Waals surface area contributed by atoms with E-state index in [0.29, 0.717) is 51.0 Å². The Kier molecular flexibility index (Phi) is 8.88. The number of hydrogen-bond donors (Lipinski definition) is 2. The van der Waals surface area contributed by atoms with E-state index in [1.807, 2.05) is 54.0 Å². The van der Waals surface area contributed by atoms with E-state index < -0.39 is 0 Å². The van der Waals surface area contributed by atoms with Gasteiger partial charge in [-0.2, -0.15) is 0 Å². The lowest BCUT2D eigenvalue weighted by Gasteiger charge is -2.13. The molecule has 0 fully saturated rings. The van der Waals surface area contributed by atoms with Crippen LogP contribution in [0.1, 0.15) is 17.3 Å². The summed E-state index contributed by atoms with van der Waals surface area (Å²) in [5.74, 6) is 1.23. The van der Waals surface area contributed by atoms with E-state index in [2.05, 4.69) is 20.8 Å². The van der Waals surface area contributed by atoms with Crippen molar-refractivity contribution in [2.45, 2.75) is 18.6 Å². The summed E-state index contributed by atoms with van der Waals surface area (Å²) in [6, 6.07) is 19.6. The molecule has 0 unspecified atom stereocenters. The van der Waals surface area contributed by atoms with Gasteiger partial charge in [0.2, 0.25) is 5.91 Å². The van der Waals surface area contributed by atoms with Crippen molar-refractivity contribution in [3.63, 3.8) is 0 Å². The summed E-state index contributed by atoms with van der Waals surface area (Å²) in [6.07, 6.45) is 0. The van der Waals surface area contributed by atoms with Crippen molar-refractivity contribution >= 4 is 46.6 Å². The number of aromatic nitrogens is 3. The number of amides is 2. The van der Waals surface area contributed by atoms with Crippen LogP contribution in [0, 0.1) is 0 Å². The Morgan fingerprint density at radius 3 is 2.32 bits per heavy atom. The number of thioether (sulfide) groups is 1. The molecule has 1 aromatic heterocycles. The zero-order valence-corrected chi connectivity index (χ0v) is 22.6. The van der Waals surface area contributed by atoms with Gasteiger partial charge in [-0.3, -0.25) is 9.59 Å². The highest BCUT2D eigenvalue weighted by Gasteiger charge is 2.17. The zero-order chi connectivity index (χ0) is 27.1. The number of nitrogens with zero attached hydrogens (tertiary/aromatic N) is 3. The molecule has 0 bridgehead atoms. The highest BCUT2D eigenvalue weighted by atomic mass is 35.5. The van der Waals surface area contributed by atoms with Gasteiger partial charge in [-0.1, -0.05) is 41.6 Å². The van der Waals surface area contributed by atoms with Gasteiger partial charge in [-0.05, 0) is 49.4 Å². The molecular formula is C27H26ClN5O4S. The standard InChI is InChI=1S/C27H26ClN5O4S/c1-4-33-25(17-10-12-19(13-11-17)29-26(35)18-8-6-5-7-9-18)31-32-27(33)38-16-24(34)30-21-14-20(28)22(36-2)15-23(21)37-3/h5-15H,4,16H2,1-3H3,(H,29,35)(H,30,34). The van der Waals surface area contributed by atoms with E-state index in [0.717, 1.165) is 5.56 Å². The summed E-state index contributed by atoms with van der Waals surface area (Å²) in [5.41, 5.74) is 2.54. The number of rotatable bonds is 10. The lowest BCUT2D eigenvalue weighted by atomic mass is 10.1. The van der Waals surface area contributed by atoms with Crippen LogP contribution in [0.3, 0.4) is 0 Å². The molecule has 2 amide bonds. The second-order valence-electron chi connectivity index (χ2n) is 7.97. The molecule has 4 rings (SSSR count). The van der Waals surface area contributed by atoms with Crippen molar-refractivity contribution < 1.29 is 19.1 Å². The Morgan fingerprint density at radius 2 is 1.66 bits per heavy atom. The summed E-state index contributed by atoms with van der Waals surface area (Å²) in [7, 11) is 3.01. The first-order valence-electron chi connectivity index (χ1n) is 11.7. The van der Waals surface area contributed by atoms with Crippen LogP contribution in [0.4, 0.5) is 11.4 Å². The highest BCUT2D eigenvalue weighted by molar-refractivity contribution is 7.99. The molecule has 0 spiro atoms. The molecule has 0 saturated heterocycles. The van der Waals surface area contributed by atoms with Crippen LogP contribution >= 0.6 is 23.4 Å². The number of halogens is 1. The van der Waals surface area contributed by atoms with Crippen LogP contribution in [0.5, 0.6) is 11.5 Å². The molecule has 0 aliphatic rings. The molecule has 11 heteroatoms. The van der Waals surface area contributed by atoms with Crippen molar-refractivity contribution in [1.29, 1.82) is 0 Å². The lowest BCUT2D eigenvalue weighted by Crippen LogP contribution is -2.15. The van der Waals surface area contributed by atoms with E-state index in [1.165, 1.54) is 26.0 Å². The Morgan fingerprint density at radius 1 is 0.947 bits per heavy atom. The Bertz CT molecular complexity index is 1430. The summed E-state index contributed by atoms with van der Waals surface area (Å²) in [4.78, 5) is 25.1. The first kappa shape index (κ1) is 27.0. The fourth-order valence-electron chi connectivity index (χ4n) is 3.66. The number of hydrogen-bond acceptors (Lipinski definition) is 7. The summed E-state index contributed by atoms with van der Waals surface area (Å²) in [6.45, 7) is 2.59. The van der Waals surface area contributed by atoms with Crippen LogP contribution in [-0.2, 0) is 11.3 Å². The second-order valence-corrected chi connectivity index (χ2v) is 9.32. The molecule has 4 aromatic rings. The summed E-state index contributed by atoms with van der Waals surface area (Å²) in [5, 5.41) is 15.3.